The summed E-state index contributed by atoms with van der Waals surface area (Å²) in [6, 6.07) is 0. The number of aliphatic hydroxyl groups excluding tert-OH is 1. The summed E-state index contributed by atoms with van der Waals surface area (Å²) < 4.78 is 5.16. The van der Waals surface area contributed by atoms with E-state index in [-0.39, 0.29) is 17.8 Å². The molecule has 0 aromatic carbocycles. The second-order valence-corrected chi connectivity index (χ2v) is 5.87. The topological polar surface area (TPSA) is 70.1 Å². The largest absolute Gasteiger partial charge is 0.386 e. The summed E-state index contributed by atoms with van der Waals surface area (Å²) in [6.07, 6.45) is 0.386. The van der Waals surface area contributed by atoms with Crippen LogP contribution in [-0.4, -0.2) is 39.9 Å². The van der Waals surface area contributed by atoms with E-state index in [0.29, 0.717) is 5.57 Å². The number of aliphatic hydroxyl groups is 2. The highest BCUT2D eigenvalue weighted by Gasteiger charge is 2.69. The zero-order valence-corrected chi connectivity index (χ0v) is 10.1. The number of hydrogen-bond donors (Lipinski definition) is 2. The lowest BCUT2D eigenvalue weighted by Gasteiger charge is -2.39. The summed E-state index contributed by atoms with van der Waals surface area (Å²) in [6.45, 7) is 7.33. The van der Waals surface area contributed by atoms with Gasteiger partial charge < -0.3 is 14.9 Å². The minimum absolute atomic E-state index is 0.184. The second kappa shape index (κ2) is 2.94. The Kier molecular flexibility index (Phi) is 2.16. The monoisotopic (exact) mass is 226 g/mol. The number of ether oxygens (including phenoxy) is 1. The number of Topliss-reactive ketones (excluding diaryl/α,β-unsaturated/α-hetero) is 1. The van der Waals surface area contributed by atoms with E-state index in [1.54, 1.807) is 0 Å². The third-order valence-corrected chi connectivity index (χ3v) is 3.57. The van der Waals surface area contributed by atoms with E-state index in [1.807, 2.05) is 20.8 Å². The first-order chi connectivity index (χ1) is 7.13. The maximum absolute atomic E-state index is 12.3. The van der Waals surface area contributed by atoms with E-state index in [1.165, 1.54) is 13.0 Å². The highest BCUT2D eigenvalue weighted by atomic mass is 16.6. The number of ketones is 1. The van der Waals surface area contributed by atoms with Crippen molar-refractivity contribution in [1.29, 1.82) is 0 Å². The molecule has 0 saturated carbocycles. The number of rotatable bonds is 0. The number of carbonyl (C=O) groups is 1. The van der Waals surface area contributed by atoms with Crippen LogP contribution in [0.25, 0.3) is 0 Å². The van der Waals surface area contributed by atoms with Crippen molar-refractivity contribution in [3.63, 3.8) is 0 Å². The molecule has 1 heterocycles. The molecule has 0 aromatic rings. The molecule has 0 bridgehead atoms. The summed E-state index contributed by atoms with van der Waals surface area (Å²) in [4.78, 5) is 12.3. The molecular weight excluding hydrogens is 208 g/mol. The molecule has 1 aliphatic carbocycles. The summed E-state index contributed by atoms with van der Waals surface area (Å²) >= 11 is 0. The van der Waals surface area contributed by atoms with E-state index >= 15 is 0 Å². The van der Waals surface area contributed by atoms with Gasteiger partial charge in [-0.25, -0.2) is 0 Å². The Balaban J connectivity index is 2.50. The standard InChI is InChI=1S/C12H18O4/c1-10(2,3)7-5-8(13)11(4,15)12(6-16-12)9(7)14/h5,8,13,15H,6H2,1-4H3/t8-,11-,12+/m0/s1. The first-order valence-corrected chi connectivity index (χ1v) is 5.44. The van der Waals surface area contributed by atoms with Gasteiger partial charge in [0, 0.05) is 5.57 Å². The molecule has 0 unspecified atom stereocenters. The zero-order valence-electron chi connectivity index (χ0n) is 10.1. The van der Waals surface area contributed by atoms with Gasteiger partial charge in [0.1, 0.15) is 11.7 Å². The van der Waals surface area contributed by atoms with E-state index in [4.69, 9.17) is 4.74 Å². The highest BCUT2D eigenvalue weighted by molar-refractivity contribution is 6.06. The van der Waals surface area contributed by atoms with Crippen LogP contribution in [0.1, 0.15) is 27.7 Å². The van der Waals surface area contributed by atoms with Crippen molar-refractivity contribution in [2.45, 2.75) is 45.0 Å². The number of hydrogen-bond acceptors (Lipinski definition) is 4. The van der Waals surface area contributed by atoms with Crippen molar-refractivity contribution in [2.24, 2.45) is 5.41 Å². The SMILES string of the molecule is CC(C)(C)C1=C[C@H](O)[C@](C)(O)[C@@]2(CO2)C1=O. The quantitative estimate of drug-likeness (QED) is 0.587. The molecule has 90 valence electrons. The third-order valence-electron chi connectivity index (χ3n) is 3.57. The van der Waals surface area contributed by atoms with Gasteiger partial charge in [-0.3, -0.25) is 4.79 Å². The fourth-order valence-corrected chi connectivity index (χ4v) is 2.17. The second-order valence-electron chi connectivity index (χ2n) is 5.87. The van der Waals surface area contributed by atoms with Gasteiger partial charge in [-0.05, 0) is 18.4 Å². The molecule has 3 atom stereocenters. The molecule has 16 heavy (non-hydrogen) atoms. The molecule has 0 aromatic heterocycles. The van der Waals surface area contributed by atoms with Gasteiger partial charge in [0.2, 0.25) is 0 Å². The predicted octanol–water partition coefficient (Wildman–Crippen LogP) is 0.422. The van der Waals surface area contributed by atoms with Crippen molar-refractivity contribution in [2.75, 3.05) is 6.61 Å². The van der Waals surface area contributed by atoms with Crippen molar-refractivity contribution >= 4 is 5.78 Å². The molecule has 2 N–H and O–H groups in total. The molecule has 0 radical (unpaired) electrons. The lowest BCUT2D eigenvalue weighted by atomic mass is 9.68. The van der Waals surface area contributed by atoms with Gasteiger partial charge >= 0.3 is 0 Å². The Morgan fingerprint density at radius 1 is 1.50 bits per heavy atom. The van der Waals surface area contributed by atoms with Crippen LogP contribution in [-0.2, 0) is 9.53 Å². The van der Waals surface area contributed by atoms with Gasteiger partial charge in [0.05, 0.1) is 6.61 Å². The Morgan fingerprint density at radius 3 is 2.38 bits per heavy atom. The Labute approximate surface area is 94.9 Å². The summed E-state index contributed by atoms with van der Waals surface area (Å²) in [5.74, 6) is -0.199. The van der Waals surface area contributed by atoms with Crippen molar-refractivity contribution < 1.29 is 19.7 Å². The lowest BCUT2D eigenvalue weighted by Crippen LogP contribution is -2.59. The zero-order chi connectivity index (χ0) is 12.4. The Morgan fingerprint density at radius 2 is 2.00 bits per heavy atom. The van der Waals surface area contributed by atoms with E-state index in [2.05, 4.69) is 0 Å². The van der Waals surface area contributed by atoms with Crippen LogP contribution in [0, 0.1) is 5.41 Å². The average Bonchev–Trinajstić information content (AvgIpc) is 2.89. The molecule has 1 aliphatic heterocycles. The van der Waals surface area contributed by atoms with Crippen LogP contribution >= 0.6 is 0 Å². The van der Waals surface area contributed by atoms with Crippen molar-refractivity contribution in [3.8, 4) is 0 Å². The van der Waals surface area contributed by atoms with Crippen LogP contribution in [0.15, 0.2) is 11.6 Å². The minimum Gasteiger partial charge on any atom is -0.386 e. The van der Waals surface area contributed by atoms with Gasteiger partial charge in [-0.1, -0.05) is 20.8 Å². The van der Waals surface area contributed by atoms with Gasteiger partial charge in [-0.15, -0.1) is 0 Å². The van der Waals surface area contributed by atoms with Gasteiger partial charge in [-0.2, -0.15) is 0 Å². The highest BCUT2D eigenvalue weighted by Crippen LogP contribution is 2.49. The smallest absolute Gasteiger partial charge is 0.196 e. The molecule has 0 amide bonds. The lowest BCUT2D eigenvalue weighted by molar-refractivity contribution is -0.144. The fourth-order valence-electron chi connectivity index (χ4n) is 2.17. The van der Waals surface area contributed by atoms with Crippen LogP contribution in [0.4, 0.5) is 0 Å². The Hall–Kier alpha value is -0.710. The third kappa shape index (κ3) is 1.30. The molecule has 2 rings (SSSR count). The first kappa shape index (κ1) is 11.8. The van der Waals surface area contributed by atoms with Crippen molar-refractivity contribution in [1.82, 2.24) is 0 Å². The maximum Gasteiger partial charge on any atom is 0.196 e. The molecular formula is C12H18O4. The van der Waals surface area contributed by atoms with Gasteiger partial charge in [0.25, 0.3) is 0 Å². The van der Waals surface area contributed by atoms with Crippen LogP contribution in [0.5, 0.6) is 0 Å². The number of epoxide rings is 1. The van der Waals surface area contributed by atoms with Crippen LogP contribution in [0.3, 0.4) is 0 Å². The average molecular weight is 226 g/mol. The van der Waals surface area contributed by atoms with E-state index in [0.717, 1.165) is 0 Å². The molecule has 2 aliphatic rings. The summed E-state index contributed by atoms with van der Waals surface area (Å²) in [5, 5.41) is 20.1. The summed E-state index contributed by atoms with van der Waals surface area (Å²) in [7, 11) is 0. The van der Waals surface area contributed by atoms with Crippen LogP contribution in [0.2, 0.25) is 0 Å². The molecule has 4 nitrogen and oxygen atoms in total. The minimum atomic E-state index is -1.53. The predicted molar refractivity (Wildman–Crippen MR) is 57.9 cm³/mol. The Bertz CT molecular complexity index is 369. The fraction of sp³-hybridized carbons (Fsp3) is 0.750. The molecule has 1 saturated heterocycles. The molecule has 1 spiro atoms. The van der Waals surface area contributed by atoms with E-state index < -0.39 is 17.3 Å². The van der Waals surface area contributed by atoms with Crippen molar-refractivity contribution in [3.05, 3.63) is 11.6 Å². The maximum atomic E-state index is 12.3. The summed E-state index contributed by atoms with van der Waals surface area (Å²) in [5.41, 5.74) is -2.57. The van der Waals surface area contributed by atoms with E-state index in [9.17, 15) is 15.0 Å². The number of carbonyl (C=O) groups excluding carboxylic acids is 1. The molecule has 4 heteroatoms. The van der Waals surface area contributed by atoms with Crippen LogP contribution < -0.4 is 0 Å². The normalized spacial score (nSPS) is 43.5. The first-order valence-electron chi connectivity index (χ1n) is 5.44. The molecule has 1 fully saturated rings. The van der Waals surface area contributed by atoms with Gasteiger partial charge in [0.15, 0.2) is 11.4 Å².